The van der Waals surface area contributed by atoms with Crippen LogP contribution in [0.25, 0.3) is 0 Å². The molecule has 6 nitrogen and oxygen atoms in total. The van der Waals surface area contributed by atoms with Crippen LogP contribution >= 0.6 is 0 Å². The topological polar surface area (TPSA) is 68.5 Å². The Hall–Kier alpha value is -2.21. The summed E-state index contributed by atoms with van der Waals surface area (Å²) >= 11 is 0. The molecule has 2 aromatic heterocycles. The fourth-order valence-corrected chi connectivity index (χ4v) is 3.43. The fourth-order valence-electron chi connectivity index (χ4n) is 3.43. The molecule has 1 saturated heterocycles. The number of fused-ring (bicyclic) bond motifs is 1. The van der Waals surface area contributed by atoms with Gasteiger partial charge in [0.2, 0.25) is 0 Å². The van der Waals surface area contributed by atoms with Crippen LogP contribution in [-0.2, 0) is 17.6 Å². The molecule has 2 aliphatic rings. The Morgan fingerprint density at radius 3 is 2.96 bits per heavy atom. The van der Waals surface area contributed by atoms with E-state index in [4.69, 9.17) is 9.15 Å². The molecule has 2 aliphatic heterocycles. The van der Waals surface area contributed by atoms with Crippen molar-refractivity contribution >= 4 is 5.91 Å². The number of hydrogen-bond acceptors (Lipinski definition) is 5. The maximum absolute atomic E-state index is 12.5. The highest BCUT2D eigenvalue weighted by Crippen LogP contribution is 2.29. The molecule has 1 amide bonds. The number of carbonyl (C=O) groups excluding carboxylic acids is 1. The van der Waals surface area contributed by atoms with Gasteiger partial charge in [-0.15, -0.1) is 0 Å². The number of hydrogen-bond donors (Lipinski definition) is 0. The smallest absolute Gasteiger partial charge is 0.257 e. The molecule has 6 heteroatoms. The third-order valence-electron chi connectivity index (χ3n) is 4.69. The van der Waals surface area contributed by atoms with Crippen molar-refractivity contribution in [3.05, 3.63) is 47.4 Å². The van der Waals surface area contributed by atoms with Gasteiger partial charge in [-0.05, 0) is 24.5 Å². The van der Waals surface area contributed by atoms with Crippen molar-refractivity contribution < 1.29 is 13.9 Å². The van der Waals surface area contributed by atoms with Crippen LogP contribution in [0.2, 0.25) is 0 Å². The summed E-state index contributed by atoms with van der Waals surface area (Å²) < 4.78 is 10.5. The average Bonchev–Trinajstić information content (AvgIpc) is 3.24. The van der Waals surface area contributed by atoms with Crippen LogP contribution in [0.5, 0.6) is 0 Å². The van der Waals surface area contributed by atoms with E-state index in [0.717, 1.165) is 43.9 Å². The van der Waals surface area contributed by atoms with Crippen molar-refractivity contribution in [2.45, 2.75) is 25.2 Å². The Labute approximate surface area is 134 Å². The molecule has 0 aromatic carbocycles. The summed E-state index contributed by atoms with van der Waals surface area (Å²) in [6.07, 6.45) is 7.26. The molecule has 0 spiro atoms. The molecule has 0 bridgehead atoms. The van der Waals surface area contributed by atoms with E-state index in [1.165, 1.54) is 18.1 Å². The van der Waals surface area contributed by atoms with Crippen LogP contribution < -0.4 is 0 Å². The molecule has 0 saturated carbocycles. The van der Waals surface area contributed by atoms with Crippen molar-refractivity contribution in [1.82, 2.24) is 14.9 Å². The van der Waals surface area contributed by atoms with Crippen LogP contribution in [0, 0.1) is 0 Å². The van der Waals surface area contributed by atoms with Gasteiger partial charge in [0.05, 0.1) is 24.1 Å². The molecule has 120 valence electrons. The zero-order chi connectivity index (χ0) is 15.6. The number of ether oxygens (including phenoxy) is 1. The summed E-state index contributed by atoms with van der Waals surface area (Å²) in [6.45, 7) is 2.90. The normalized spacial score (nSPS) is 21.0. The molecule has 0 radical (unpaired) electrons. The lowest BCUT2D eigenvalue weighted by Crippen LogP contribution is -2.33. The Kier molecular flexibility index (Phi) is 3.83. The quantitative estimate of drug-likeness (QED) is 0.846. The molecular weight excluding hydrogens is 294 g/mol. The molecule has 1 fully saturated rings. The van der Waals surface area contributed by atoms with E-state index in [2.05, 4.69) is 9.97 Å². The van der Waals surface area contributed by atoms with E-state index >= 15 is 0 Å². The van der Waals surface area contributed by atoms with E-state index < -0.39 is 0 Å². The highest BCUT2D eigenvalue weighted by atomic mass is 16.5. The third-order valence-corrected chi connectivity index (χ3v) is 4.69. The summed E-state index contributed by atoms with van der Waals surface area (Å²) in [5.74, 6) is 0.383. The molecular formula is C17H19N3O3. The van der Waals surface area contributed by atoms with Crippen LogP contribution in [0.3, 0.4) is 0 Å². The van der Waals surface area contributed by atoms with E-state index in [-0.39, 0.29) is 5.91 Å². The minimum absolute atomic E-state index is 0.0188. The maximum atomic E-state index is 12.5. The van der Waals surface area contributed by atoms with Crippen LogP contribution in [-0.4, -0.2) is 47.1 Å². The predicted molar refractivity (Wildman–Crippen MR) is 82.2 cm³/mol. The van der Waals surface area contributed by atoms with Crippen molar-refractivity contribution in [3.8, 4) is 0 Å². The highest BCUT2D eigenvalue weighted by molar-refractivity contribution is 5.93. The second-order valence-corrected chi connectivity index (χ2v) is 6.05. The first-order valence-corrected chi connectivity index (χ1v) is 8.05. The predicted octanol–water partition coefficient (Wildman–Crippen LogP) is 1.81. The molecule has 4 heterocycles. The SMILES string of the molecule is O=C(c1ccoc1)N1CCc2ncnc(C3CCOC3)c2CC1. The van der Waals surface area contributed by atoms with E-state index in [0.29, 0.717) is 24.6 Å². The first-order valence-electron chi connectivity index (χ1n) is 8.05. The zero-order valence-corrected chi connectivity index (χ0v) is 12.9. The molecule has 2 aromatic rings. The first kappa shape index (κ1) is 14.4. The minimum Gasteiger partial charge on any atom is -0.472 e. The number of carbonyl (C=O) groups is 1. The third kappa shape index (κ3) is 2.74. The van der Waals surface area contributed by atoms with Gasteiger partial charge in [0.25, 0.3) is 5.91 Å². The van der Waals surface area contributed by atoms with Gasteiger partial charge in [-0.1, -0.05) is 0 Å². The minimum atomic E-state index is 0.0188. The van der Waals surface area contributed by atoms with Crippen LogP contribution in [0.4, 0.5) is 0 Å². The van der Waals surface area contributed by atoms with Crippen molar-refractivity contribution in [2.24, 2.45) is 0 Å². The summed E-state index contributed by atoms with van der Waals surface area (Å²) in [5, 5.41) is 0. The summed E-state index contributed by atoms with van der Waals surface area (Å²) in [5.41, 5.74) is 4.01. The Bertz CT molecular complexity index is 693. The lowest BCUT2D eigenvalue weighted by Gasteiger charge is -2.19. The van der Waals surface area contributed by atoms with Crippen LogP contribution in [0.1, 0.15) is 39.6 Å². The van der Waals surface area contributed by atoms with Gasteiger partial charge >= 0.3 is 0 Å². The van der Waals surface area contributed by atoms with Gasteiger partial charge in [-0.25, -0.2) is 9.97 Å². The summed E-state index contributed by atoms with van der Waals surface area (Å²) in [6, 6.07) is 1.71. The zero-order valence-electron chi connectivity index (χ0n) is 12.9. The lowest BCUT2D eigenvalue weighted by atomic mass is 9.96. The van der Waals surface area contributed by atoms with Gasteiger partial charge in [0.1, 0.15) is 12.6 Å². The van der Waals surface area contributed by atoms with Gasteiger partial charge in [-0.3, -0.25) is 4.79 Å². The Balaban J connectivity index is 1.56. The van der Waals surface area contributed by atoms with Crippen molar-refractivity contribution in [3.63, 3.8) is 0 Å². The Morgan fingerprint density at radius 1 is 1.26 bits per heavy atom. The fraction of sp³-hybridized carbons (Fsp3) is 0.471. The van der Waals surface area contributed by atoms with Gasteiger partial charge in [0.15, 0.2) is 0 Å². The number of rotatable bonds is 2. The summed E-state index contributed by atoms with van der Waals surface area (Å²) in [4.78, 5) is 23.4. The van der Waals surface area contributed by atoms with Gasteiger partial charge in [-0.2, -0.15) is 0 Å². The Morgan fingerprint density at radius 2 is 2.17 bits per heavy atom. The second-order valence-electron chi connectivity index (χ2n) is 6.05. The highest BCUT2D eigenvalue weighted by Gasteiger charge is 2.27. The van der Waals surface area contributed by atoms with E-state index in [1.54, 1.807) is 12.4 Å². The van der Waals surface area contributed by atoms with Crippen molar-refractivity contribution in [1.29, 1.82) is 0 Å². The number of furan rings is 1. The van der Waals surface area contributed by atoms with Gasteiger partial charge in [0, 0.05) is 37.7 Å². The summed E-state index contributed by atoms with van der Waals surface area (Å²) in [7, 11) is 0. The first-order chi connectivity index (χ1) is 11.3. The van der Waals surface area contributed by atoms with Crippen molar-refractivity contribution in [2.75, 3.05) is 26.3 Å². The van der Waals surface area contributed by atoms with E-state index in [1.807, 2.05) is 4.90 Å². The lowest BCUT2D eigenvalue weighted by molar-refractivity contribution is 0.0762. The van der Waals surface area contributed by atoms with E-state index in [9.17, 15) is 4.79 Å². The van der Waals surface area contributed by atoms with Gasteiger partial charge < -0.3 is 14.1 Å². The molecule has 0 N–H and O–H groups in total. The maximum Gasteiger partial charge on any atom is 0.257 e. The average molecular weight is 313 g/mol. The number of amides is 1. The molecule has 0 aliphatic carbocycles. The largest absolute Gasteiger partial charge is 0.472 e. The number of nitrogens with zero attached hydrogens (tertiary/aromatic N) is 3. The second kappa shape index (κ2) is 6.12. The monoisotopic (exact) mass is 313 g/mol. The number of aromatic nitrogens is 2. The molecule has 1 atom stereocenters. The standard InChI is InChI=1S/C17H19N3O3/c21-17(13-4-8-23-10-13)20-5-1-14-15(2-6-20)18-11-19-16(14)12-3-7-22-9-12/h4,8,10-12H,1-3,5-7,9H2. The molecule has 1 unspecified atom stereocenters. The van der Waals surface area contributed by atoms with Crippen LogP contribution in [0.15, 0.2) is 29.3 Å². The molecule has 23 heavy (non-hydrogen) atoms. The molecule has 4 rings (SSSR count).